The maximum atomic E-state index is 13.7. The normalized spacial score (nSPS) is 19.5. The molecule has 0 aromatic heterocycles. The molecule has 5 aromatic rings. The number of esters is 4. The summed E-state index contributed by atoms with van der Waals surface area (Å²) in [6.07, 6.45) is -6.48. The fourth-order valence-corrected chi connectivity index (χ4v) is 5.60. The van der Waals surface area contributed by atoms with Crippen molar-refractivity contribution in [2.24, 2.45) is 0 Å². The largest absolute Gasteiger partial charge is 0.459 e. The number of ether oxygens (including phenoxy) is 6. The van der Waals surface area contributed by atoms with Gasteiger partial charge in [0.1, 0.15) is 12.7 Å². The third-order valence-corrected chi connectivity index (χ3v) is 8.25. The zero-order valence-corrected chi connectivity index (χ0v) is 28.0. The Bertz CT molecular complexity index is 1900. The molecule has 0 unspecified atom stereocenters. The molecule has 0 saturated carbocycles. The van der Waals surface area contributed by atoms with E-state index >= 15 is 0 Å². The van der Waals surface area contributed by atoms with Crippen molar-refractivity contribution in [1.82, 2.24) is 0 Å². The van der Waals surface area contributed by atoms with E-state index in [1.807, 2.05) is 30.3 Å². The third-order valence-electron chi connectivity index (χ3n) is 8.25. The maximum Gasteiger partial charge on any atom is 0.338 e. The lowest BCUT2D eigenvalue weighted by molar-refractivity contribution is -0.298. The van der Waals surface area contributed by atoms with Crippen molar-refractivity contribution in [2.45, 2.75) is 37.1 Å². The van der Waals surface area contributed by atoms with E-state index in [0.717, 1.165) is 5.56 Å². The van der Waals surface area contributed by atoms with Gasteiger partial charge >= 0.3 is 23.9 Å². The first kappa shape index (κ1) is 35.7. The molecule has 10 heteroatoms. The second kappa shape index (κ2) is 17.7. The van der Waals surface area contributed by atoms with Gasteiger partial charge in [0, 0.05) is 0 Å². The van der Waals surface area contributed by atoms with Crippen LogP contribution in [0.5, 0.6) is 0 Å². The van der Waals surface area contributed by atoms with Crippen molar-refractivity contribution in [3.05, 3.63) is 179 Å². The van der Waals surface area contributed by atoms with Crippen LogP contribution in [0.15, 0.2) is 152 Å². The topological polar surface area (TPSA) is 124 Å². The summed E-state index contributed by atoms with van der Waals surface area (Å²) in [6, 6.07) is 42.6. The van der Waals surface area contributed by atoms with E-state index in [2.05, 4.69) is 0 Å². The van der Waals surface area contributed by atoms with E-state index in [0.29, 0.717) is 6.42 Å². The molecule has 10 nitrogen and oxygen atoms in total. The quantitative estimate of drug-likeness (QED) is 0.0993. The molecule has 6 rings (SSSR count). The van der Waals surface area contributed by atoms with Gasteiger partial charge in [-0.05, 0) is 60.5 Å². The van der Waals surface area contributed by atoms with Crippen molar-refractivity contribution in [3.63, 3.8) is 0 Å². The Morgan fingerprint density at radius 2 is 0.846 bits per heavy atom. The van der Waals surface area contributed by atoms with Crippen LogP contribution >= 0.6 is 0 Å². The lowest BCUT2D eigenvalue weighted by Gasteiger charge is -2.44. The Kier molecular flexibility index (Phi) is 12.2. The van der Waals surface area contributed by atoms with Gasteiger partial charge in [-0.2, -0.15) is 0 Å². The first-order chi connectivity index (χ1) is 25.5. The van der Waals surface area contributed by atoms with Gasteiger partial charge in [0.25, 0.3) is 0 Å². The van der Waals surface area contributed by atoms with Crippen LogP contribution in [0.25, 0.3) is 0 Å². The van der Waals surface area contributed by atoms with E-state index < -0.39 is 61.2 Å². The minimum atomic E-state index is -1.48. The second-order valence-electron chi connectivity index (χ2n) is 11.8. The van der Waals surface area contributed by atoms with Crippen molar-refractivity contribution in [1.29, 1.82) is 0 Å². The highest BCUT2D eigenvalue weighted by atomic mass is 16.7. The zero-order valence-electron chi connectivity index (χ0n) is 28.0. The van der Waals surface area contributed by atoms with Crippen molar-refractivity contribution in [3.8, 4) is 0 Å². The molecular weight excluding hydrogens is 664 g/mol. The van der Waals surface area contributed by atoms with Crippen LogP contribution in [0.3, 0.4) is 0 Å². The van der Waals surface area contributed by atoms with Crippen molar-refractivity contribution < 1.29 is 47.6 Å². The van der Waals surface area contributed by atoms with Crippen LogP contribution in [-0.4, -0.2) is 67.8 Å². The molecule has 0 aliphatic carbocycles. The zero-order chi connectivity index (χ0) is 36.1. The first-order valence-electron chi connectivity index (χ1n) is 16.8. The van der Waals surface area contributed by atoms with Gasteiger partial charge < -0.3 is 28.4 Å². The molecular formula is C42H36O10. The Morgan fingerprint density at radius 3 is 1.31 bits per heavy atom. The first-order valence-corrected chi connectivity index (χ1v) is 16.8. The average molecular weight is 701 g/mol. The van der Waals surface area contributed by atoms with Gasteiger partial charge in [0.2, 0.25) is 0 Å². The van der Waals surface area contributed by atoms with E-state index in [1.54, 1.807) is 121 Å². The summed E-state index contributed by atoms with van der Waals surface area (Å²) in [4.78, 5) is 54.0. The van der Waals surface area contributed by atoms with Crippen LogP contribution in [0.2, 0.25) is 0 Å². The summed E-state index contributed by atoms with van der Waals surface area (Å²) in [5, 5.41) is 0. The molecule has 1 aliphatic heterocycles. The number of carbonyl (C=O) groups is 4. The van der Waals surface area contributed by atoms with Crippen LogP contribution in [-0.2, 0) is 34.8 Å². The minimum absolute atomic E-state index is 0.110. The number of hydrogen-bond donors (Lipinski definition) is 0. The van der Waals surface area contributed by atoms with Crippen LogP contribution in [0, 0.1) is 0 Å². The number of hydrogen-bond acceptors (Lipinski definition) is 10. The standard InChI is InChI=1S/C42H36O10/c43-38(30-18-8-2-9-19-30)48-28-34-35(50-39(44)31-20-10-3-11-21-31)36(51-40(45)32-22-12-4-13-23-32)37(52-41(46)33-24-14-5-15-25-33)42(49-34)47-27-26-29-16-6-1-7-17-29/h1-25,34-37,42H,26-28H2/t34-,35-,36+,37+,42+/m1/s1. The van der Waals surface area contributed by atoms with E-state index in [4.69, 9.17) is 28.4 Å². The summed E-state index contributed by atoms with van der Waals surface area (Å²) < 4.78 is 36.5. The lowest BCUT2D eigenvalue weighted by Crippen LogP contribution is -2.63. The fourth-order valence-electron chi connectivity index (χ4n) is 5.60. The van der Waals surface area contributed by atoms with E-state index in [9.17, 15) is 19.2 Å². The molecule has 5 aromatic carbocycles. The van der Waals surface area contributed by atoms with Crippen LogP contribution < -0.4 is 0 Å². The molecule has 264 valence electrons. The molecule has 1 heterocycles. The van der Waals surface area contributed by atoms with Gasteiger partial charge in [-0.3, -0.25) is 0 Å². The SMILES string of the molecule is O=C(OC[C@H]1O[C@H](OCCc2ccccc2)[C@@H](OC(=O)c2ccccc2)[C@@H](OC(=O)c2ccccc2)[C@@H]1OC(=O)c1ccccc1)c1ccccc1. The monoisotopic (exact) mass is 700 g/mol. The van der Waals surface area contributed by atoms with E-state index in [1.165, 1.54) is 0 Å². The summed E-state index contributed by atoms with van der Waals surface area (Å²) in [5.74, 6) is -2.97. The smallest absolute Gasteiger partial charge is 0.338 e. The Hall–Kier alpha value is -6.10. The number of benzene rings is 5. The fraction of sp³-hybridized carbons (Fsp3) is 0.190. The Balaban J connectivity index is 1.37. The highest BCUT2D eigenvalue weighted by Crippen LogP contribution is 2.32. The summed E-state index contributed by atoms with van der Waals surface area (Å²) in [6.45, 7) is -0.323. The third kappa shape index (κ3) is 9.36. The van der Waals surface area contributed by atoms with Gasteiger partial charge in [0.15, 0.2) is 24.6 Å². The summed E-state index contributed by atoms with van der Waals surface area (Å²) >= 11 is 0. The van der Waals surface area contributed by atoms with Gasteiger partial charge in [-0.1, -0.05) is 103 Å². The molecule has 0 bridgehead atoms. The molecule has 5 atom stereocenters. The van der Waals surface area contributed by atoms with Crippen molar-refractivity contribution >= 4 is 23.9 Å². The molecule has 0 amide bonds. The number of rotatable bonds is 13. The second-order valence-corrected chi connectivity index (χ2v) is 11.8. The minimum Gasteiger partial charge on any atom is -0.459 e. The molecule has 1 saturated heterocycles. The van der Waals surface area contributed by atoms with Gasteiger partial charge in [-0.15, -0.1) is 0 Å². The van der Waals surface area contributed by atoms with Gasteiger partial charge in [0.05, 0.1) is 28.9 Å². The summed E-state index contributed by atoms with van der Waals surface area (Å²) in [7, 11) is 0. The molecule has 0 radical (unpaired) electrons. The van der Waals surface area contributed by atoms with Crippen LogP contribution in [0.1, 0.15) is 47.0 Å². The summed E-state index contributed by atoms with van der Waals surface area (Å²) in [5.41, 5.74) is 1.88. The molecule has 52 heavy (non-hydrogen) atoms. The highest BCUT2D eigenvalue weighted by molar-refractivity contribution is 5.91. The van der Waals surface area contributed by atoms with E-state index in [-0.39, 0.29) is 28.9 Å². The maximum absolute atomic E-state index is 13.7. The molecule has 0 N–H and O–H groups in total. The Morgan fingerprint density at radius 1 is 0.462 bits per heavy atom. The predicted octanol–water partition coefficient (Wildman–Crippen LogP) is 6.50. The average Bonchev–Trinajstić information content (AvgIpc) is 3.20. The van der Waals surface area contributed by atoms with Crippen LogP contribution in [0.4, 0.5) is 0 Å². The highest BCUT2D eigenvalue weighted by Gasteiger charge is 2.53. The lowest BCUT2D eigenvalue weighted by atomic mass is 9.97. The number of carbonyl (C=O) groups excluding carboxylic acids is 4. The van der Waals surface area contributed by atoms with Gasteiger partial charge in [-0.25, -0.2) is 19.2 Å². The molecule has 1 aliphatic rings. The Labute approximate surface area is 300 Å². The van der Waals surface area contributed by atoms with Crippen molar-refractivity contribution in [2.75, 3.05) is 13.2 Å². The predicted molar refractivity (Wildman–Crippen MR) is 188 cm³/mol. The molecule has 0 spiro atoms. The molecule has 1 fully saturated rings.